The van der Waals surface area contributed by atoms with Crippen molar-refractivity contribution in [1.29, 1.82) is 0 Å². The molecule has 138 valence electrons. The smallest absolute Gasteiger partial charge is 0.331 e. The van der Waals surface area contributed by atoms with Gasteiger partial charge in [0.25, 0.3) is 0 Å². The van der Waals surface area contributed by atoms with E-state index in [0.29, 0.717) is 15.7 Å². The van der Waals surface area contributed by atoms with Gasteiger partial charge >= 0.3 is 5.97 Å². The fourth-order valence-corrected chi connectivity index (χ4v) is 3.64. The molecule has 0 bridgehead atoms. The van der Waals surface area contributed by atoms with Gasteiger partial charge in [0.2, 0.25) is 5.91 Å². The van der Waals surface area contributed by atoms with E-state index >= 15 is 0 Å². The minimum atomic E-state index is -1.47. The Morgan fingerprint density at radius 1 is 1.19 bits per heavy atom. The van der Waals surface area contributed by atoms with E-state index in [9.17, 15) is 19.1 Å². The lowest BCUT2D eigenvalue weighted by Crippen LogP contribution is -2.35. The van der Waals surface area contributed by atoms with Gasteiger partial charge in [-0.2, -0.15) is 0 Å². The molecule has 1 aromatic heterocycles. The van der Waals surface area contributed by atoms with Crippen LogP contribution in [0, 0.1) is 5.82 Å². The minimum Gasteiger partial charge on any atom is -0.479 e. The average molecular weight is 405 g/mol. The highest BCUT2D eigenvalue weighted by atomic mass is 35.5. The number of thiazole rings is 1. The number of benzene rings is 2. The third-order valence-electron chi connectivity index (χ3n) is 3.77. The molecule has 3 aromatic rings. The number of carboxylic acids is 1. The Labute approximate surface area is 163 Å². The molecule has 2 aromatic carbocycles. The van der Waals surface area contributed by atoms with Crippen LogP contribution in [0.1, 0.15) is 17.3 Å². The first-order chi connectivity index (χ1) is 13.0. The van der Waals surface area contributed by atoms with Crippen LogP contribution in [0.2, 0.25) is 5.02 Å². The van der Waals surface area contributed by atoms with E-state index < -0.39 is 23.7 Å². The summed E-state index contributed by atoms with van der Waals surface area (Å²) in [6.07, 6.45) is -0.126. The zero-order chi connectivity index (χ0) is 19.4. The number of carbonyl (C=O) groups excluding carboxylic acids is 1. The maximum Gasteiger partial charge on any atom is 0.331 e. The third kappa shape index (κ3) is 4.50. The van der Waals surface area contributed by atoms with Gasteiger partial charge in [-0.05, 0) is 12.1 Å². The van der Waals surface area contributed by atoms with Crippen LogP contribution in [0.15, 0.2) is 53.9 Å². The second-order valence-corrected chi connectivity index (χ2v) is 6.93. The molecular formula is C19H14ClFN2O3S. The predicted molar refractivity (Wildman–Crippen MR) is 101 cm³/mol. The Morgan fingerprint density at radius 3 is 2.59 bits per heavy atom. The van der Waals surface area contributed by atoms with Crippen molar-refractivity contribution in [2.45, 2.75) is 12.5 Å². The molecule has 0 saturated carbocycles. The van der Waals surface area contributed by atoms with Crippen molar-refractivity contribution in [2.24, 2.45) is 0 Å². The summed E-state index contributed by atoms with van der Waals surface area (Å²) in [5, 5.41) is 14.6. The summed E-state index contributed by atoms with van der Waals surface area (Å²) in [7, 11) is 0. The topological polar surface area (TPSA) is 79.3 Å². The van der Waals surface area contributed by atoms with Gasteiger partial charge in [-0.15, -0.1) is 11.3 Å². The van der Waals surface area contributed by atoms with Gasteiger partial charge in [-0.1, -0.05) is 48.0 Å². The maximum absolute atomic E-state index is 13.9. The first-order valence-corrected chi connectivity index (χ1v) is 9.17. The third-order valence-corrected chi connectivity index (χ3v) is 5.02. The molecule has 2 N–H and O–H groups in total. The van der Waals surface area contributed by atoms with Crippen LogP contribution in [0.25, 0.3) is 10.6 Å². The normalized spacial score (nSPS) is 11.8. The first-order valence-electron chi connectivity index (χ1n) is 7.91. The standard InChI is InChI=1S/C19H14ClFN2O3S/c20-14-7-3-1-5-12(14)18-22-11(10-27-18)9-16(24)23-17(19(25)26)13-6-2-4-8-15(13)21/h1-8,10,17H,9H2,(H,23,24)(H,25,26). The highest BCUT2D eigenvalue weighted by Gasteiger charge is 2.25. The van der Waals surface area contributed by atoms with Gasteiger partial charge in [0, 0.05) is 16.5 Å². The highest BCUT2D eigenvalue weighted by Crippen LogP contribution is 2.30. The number of aromatic nitrogens is 1. The van der Waals surface area contributed by atoms with Crippen LogP contribution in [0.5, 0.6) is 0 Å². The van der Waals surface area contributed by atoms with Crippen molar-refractivity contribution in [2.75, 3.05) is 0 Å². The number of hydrogen-bond acceptors (Lipinski definition) is 4. The van der Waals surface area contributed by atoms with Crippen LogP contribution >= 0.6 is 22.9 Å². The number of aliphatic carboxylic acids is 1. The number of nitrogens with zero attached hydrogens (tertiary/aromatic N) is 1. The molecule has 1 heterocycles. The van der Waals surface area contributed by atoms with E-state index in [1.54, 1.807) is 11.4 Å². The number of nitrogens with one attached hydrogen (secondary N) is 1. The largest absolute Gasteiger partial charge is 0.479 e. The van der Waals surface area contributed by atoms with Crippen molar-refractivity contribution in [1.82, 2.24) is 10.3 Å². The van der Waals surface area contributed by atoms with Gasteiger partial charge in [0.05, 0.1) is 17.1 Å². The van der Waals surface area contributed by atoms with Crippen molar-refractivity contribution in [3.63, 3.8) is 0 Å². The Morgan fingerprint density at radius 2 is 1.89 bits per heavy atom. The van der Waals surface area contributed by atoms with E-state index in [2.05, 4.69) is 10.3 Å². The zero-order valence-electron chi connectivity index (χ0n) is 13.9. The molecular weight excluding hydrogens is 391 g/mol. The van der Waals surface area contributed by atoms with Crippen LogP contribution < -0.4 is 5.32 Å². The van der Waals surface area contributed by atoms with Crippen molar-refractivity contribution in [3.05, 3.63) is 76.0 Å². The summed E-state index contributed by atoms with van der Waals surface area (Å²) >= 11 is 7.48. The number of amides is 1. The van der Waals surface area contributed by atoms with E-state index in [4.69, 9.17) is 11.6 Å². The van der Waals surface area contributed by atoms with Crippen molar-refractivity contribution >= 4 is 34.8 Å². The SMILES string of the molecule is O=C(Cc1csc(-c2ccccc2Cl)n1)NC(C(=O)O)c1ccccc1F. The molecule has 0 radical (unpaired) electrons. The fourth-order valence-electron chi connectivity index (χ4n) is 2.50. The molecule has 8 heteroatoms. The van der Waals surface area contributed by atoms with Gasteiger partial charge in [0.15, 0.2) is 6.04 Å². The van der Waals surface area contributed by atoms with Gasteiger partial charge in [-0.25, -0.2) is 14.2 Å². The van der Waals surface area contributed by atoms with E-state index in [-0.39, 0.29) is 12.0 Å². The molecule has 1 unspecified atom stereocenters. The predicted octanol–water partition coefficient (Wildman–Crippen LogP) is 4.09. The number of rotatable bonds is 6. The highest BCUT2D eigenvalue weighted by molar-refractivity contribution is 7.13. The molecule has 1 amide bonds. The molecule has 5 nitrogen and oxygen atoms in total. The summed E-state index contributed by atoms with van der Waals surface area (Å²) in [6, 6.07) is 11.2. The average Bonchev–Trinajstić information content (AvgIpc) is 3.08. The monoisotopic (exact) mass is 404 g/mol. The summed E-state index contributed by atoms with van der Waals surface area (Å²) in [6.45, 7) is 0. The summed E-state index contributed by atoms with van der Waals surface area (Å²) in [5.41, 5.74) is 1.13. The summed E-state index contributed by atoms with van der Waals surface area (Å²) in [4.78, 5) is 28.1. The van der Waals surface area contributed by atoms with Crippen LogP contribution in [-0.2, 0) is 16.0 Å². The number of halogens is 2. The van der Waals surface area contributed by atoms with Gasteiger partial charge in [0.1, 0.15) is 10.8 Å². The van der Waals surface area contributed by atoms with E-state index in [1.807, 2.05) is 18.2 Å². The molecule has 27 heavy (non-hydrogen) atoms. The Balaban J connectivity index is 1.73. The molecule has 3 rings (SSSR count). The lowest BCUT2D eigenvalue weighted by Gasteiger charge is -2.15. The quantitative estimate of drug-likeness (QED) is 0.648. The molecule has 0 aliphatic heterocycles. The summed E-state index contributed by atoms with van der Waals surface area (Å²) in [5.74, 6) is -2.61. The van der Waals surface area contributed by atoms with Gasteiger partial charge in [-0.3, -0.25) is 4.79 Å². The lowest BCUT2D eigenvalue weighted by atomic mass is 10.1. The first kappa shape index (κ1) is 19.0. The maximum atomic E-state index is 13.9. The molecule has 0 spiro atoms. The van der Waals surface area contributed by atoms with E-state index in [0.717, 1.165) is 11.6 Å². The molecule has 0 aliphatic carbocycles. The molecule has 1 atom stereocenters. The fraction of sp³-hybridized carbons (Fsp3) is 0.105. The Bertz CT molecular complexity index is 992. The van der Waals surface area contributed by atoms with Crippen LogP contribution in [0.4, 0.5) is 4.39 Å². The summed E-state index contributed by atoms with van der Waals surface area (Å²) < 4.78 is 13.9. The number of carboxylic acid groups (broad SMARTS) is 1. The lowest BCUT2D eigenvalue weighted by molar-refractivity contribution is -0.142. The number of hydrogen-bond donors (Lipinski definition) is 2. The Hall–Kier alpha value is -2.77. The minimum absolute atomic E-state index is 0.103. The van der Waals surface area contributed by atoms with Crippen molar-refractivity contribution in [3.8, 4) is 10.6 Å². The Kier molecular flexibility index (Phi) is 5.83. The van der Waals surface area contributed by atoms with Crippen LogP contribution in [-0.4, -0.2) is 22.0 Å². The molecule has 0 saturated heterocycles. The van der Waals surface area contributed by atoms with Crippen molar-refractivity contribution < 1.29 is 19.1 Å². The second-order valence-electron chi connectivity index (χ2n) is 5.66. The second kappa shape index (κ2) is 8.28. The van der Waals surface area contributed by atoms with Crippen LogP contribution in [0.3, 0.4) is 0 Å². The molecule has 0 aliphatic rings. The number of carbonyl (C=O) groups is 2. The van der Waals surface area contributed by atoms with E-state index in [1.165, 1.54) is 29.5 Å². The zero-order valence-corrected chi connectivity index (χ0v) is 15.4. The van der Waals surface area contributed by atoms with Gasteiger partial charge < -0.3 is 10.4 Å². The molecule has 0 fully saturated rings.